The Balaban J connectivity index is 2.86. The van der Waals surface area contributed by atoms with Gasteiger partial charge < -0.3 is 0 Å². The van der Waals surface area contributed by atoms with E-state index in [1.165, 1.54) is 0 Å². The van der Waals surface area contributed by atoms with E-state index in [0.717, 1.165) is 0 Å². The second kappa shape index (κ2) is 0.925. The Hall–Kier alpha value is -1.13. The zero-order valence-electron chi connectivity index (χ0n) is 2.70. The molecule has 2 amide bonds. The number of hydrogen-bond acceptors (Lipinski definition) is 3. The molecular formula is CN4O+. The van der Waals surface area contributed by atoms with Gasteiger partial charge in [0, 0.05) is 0 Å². The highest BCUT2D eigenvalue weighted by atomic mass is 16.2. The monoisotopic (exact) mass is 84.0 g/mol. The highest BCUT2D eigenvalue weighted by Gasteiger charge is 2.14. The van der Waals surface area contributed by atoms with Gasteiger partial charge in [0.1, 0.15) is 0 Å². The predicted molar refractivity (Wildman–Crippen MR) is 14.8 cm³/mol. The van der Waals surface area contributed by atoms with Crippen molar-refractivity contribution in [3.05, 3.63) is 0 Å². The molecule has 0 aliphatic carbocycles. The second-order valence-corrected chi connectivity index (χ2v) is 0.661. The van der Waals surface area contributed by atoms with Crippen molar-refractivity contribution in [2.45, 2.75) is 0 Å². The average Bonchev–Trinajstić information content (AvgIpc) is 1.86. The van der Waals surface area contributed by atoms with Crippen LogP contribution >= 0.6 is 0 Å². The first-order valence-electron chi connectivity index (χ1n) is 1.25. The summed E-state index contributed by atoms with van der Waals surface area (Å²) in [5.74, 6) is 0. The van der Waals surface area contributed by atoms with Gasteiger partial charge in [0.15, 0.2) is 10.3 Å². The van der Waals surface area contributed by atoms with Crippen LogP contribution in [-0.4, -0.2) is 6.03 Å². The molecule has 0 aromatic rings. The van der Waals surface area contributed by atoms with E-state index in [4.69, 9.17) is 0 Å². The summed E-state index contributed by atoms with van der Waals surface area (Å²) in [7, 11) is 0. The fraction of sp³-hybridized carbons (Fsp3) is 0. The third-order valence-electron chi connectivity index (χ3n) is 0.301. The summed E-state index contributed by atoms with van der Waals surface area (Å²) < 4.78 is 0. The van der Waals surface area contributed by atoms with Gasteiger partial charge >= 0.3 is 6.03 Å². The molecule has 1 heterocycles. The molecule has 0 aromatic carbocycles. The van der Waals surface area contributed by atoms with Gasteiger partial charge in [-0.3, -0.25) is 0 Å². The Bertz CT molecular complexity index is 110. The molecule has 6 heavy (non-hydrogen) atoms. The summed E-state index contributed by atoms with van der Waals surface area (Å²) >= 11 is 0. The Morgan fingerprint density at radius 1 is 1.67 bits per heavy atom. The van der Waals surface area contributed by atoms with Crippen LogP contribution in [0.5, 0.6) is 0 Å². The maximum Gasteiger partial charge on any atom is 0.571 e. The lowest BCUT2D eigenvalue weighted by Crippen LogP contribution is -1.86. The highest BCUT2D eigenvalue weighted by molar-refractivity contribution is 5.72. The number of carbonyl (C=O) groups excluding carboxylic acids is 1. The lowest BCUT2D eigenvalue weighted by atomic mass is 11.2. The van der Waals surface area contributed by atoms with Crippen molar-refractivity contribution in [3.8, 4) is 0 Å². The summed E-state index contributed by atoms with van der Waals surface area (Å²) in [4.78, 5) is 9.72. The number of hydrogen-bond donors (Lipinski definition) is 0. The number of urea groups is 1. The van der Waals surface area contributed by atoms with E-state index in [-0.39, 0.29) is 0 Å². The van der Waals surface area contributed by atoms with Crippen molar-refractivity contribution in [1.82, 2.24) is 5.11 Å². The van der Waals surface area contributed by atoms with Crippen molar-refractivity contribution in [2.75, 3.05) is 0 Å². The van der Waals surface area contributed by atoms with E-state index >= 15 is 0 Å². The van der Waals surface area contributed by atoms with Crippen LogP contribution in [0.15, 0.2) is 15.6 Å². The predicted octanol–water partition coefficient (Wildman–Crippen LogP) is 0.275. The van der Waals surface area contributed by atoms with Gasteiger partial charge in [-0.05, 0) is 0 Å². The molecule has 1 aliphatic heterocycles. The largest absolute Gasteiger partial charge is 0.571 e. The molecule has 1 aliphatic rings. The molecule has 0 spiro atoms. The van der Waals surface area contributed by atoms with Crippen molar-refractivity contribution < 1.29 is 4.79 Å². The summed E-state index contributed by atoms with van der Waals surface area (Å²) in [6, 6.07) is -0.630. The first-order chi connectivity index (χ1) is 2.89. The van der Waals surface area contributed by atoms with Crippen LogP contribution in [0.25, 0.3) is 0 Å². The summed E-state index contributed by atoms with van der Waals surface area (Å²) in [5, 5.41) is 11.6. The third kappa shape index (κ3) is 0.291. The van der Waals surface area contributed by atoms with Crippen molar-refractivity contribution in [1.29, 1.82) is 0 Å². The smallest absolute Gasteiger partial charge is 0.201 e. The van der Waals surface area contributed by atoms with E-state index in [0.29, 0.717) is 0 Å². The number of rotatable bonds is 0. The first-order valence-corrected chi connectivity index (χ1v) is 1.25. The lowest BCUT2D eigenvalue weighted by molar-refractivity contribution is 0.253. The fourth-order valence-corrected chi connectivity index (χ4v) is 0.137. The van der Waals surface area contributed by atoms with Crippen LogP contribution in [0.4, 0.5) is 4.79 Å². The van der Waals surface area contributed by atoms with Crippen LogP contribution in [0.1, 0.15) is 0 Å². The quantitative estimate of drug-likeness (QED) is 0.415. The molecular weight excluding hydrogens is 84.0 g/mol. The minimum absolute atomic E-state index is 0.630. The van der Waals surface area contributed by atoms with E-state index in [1.807, 2.05) is 0 Å². The molecule has 5 heteroatoms. The summed E-state index contributed by atoms with van der Waals surface area (Å²) in [6.07, 6.45) is 0. The summed E-state index contributed by atoms with van der Waals surface area (Å²) in [6.45, 7) is 0. The van der Waals surface area contributed by atoms with Crippen LogP contribution < -0.4 is 5.11 Å². The first kappa shape index (κ1) is 3.08. The van der Waals surface area contributed by atoms with Gasteiger partial charge in [-0.1, -0.05) is 0 Å². The van der Waals surface area contributed by atoms with E-state index in [1.54, 1.807) is 0 Å². The van der Waals surface area contributed by atoms with Gasteiger partial charge in [0.25, 0.3) is 0 Å². The fourth-order valence-electron chi connectivity index (χ4n) is 0.137. The molecule has 5 nitrogen and oxygen atoms in total. The average molecular weight is 84.0 g/mol. The second-order valence-electron chi connectivity index (χ2n) is 0.661. The molecule has 0 saturated carbocycles. The molecule has 0 fully saturated rings. The maximum atomic E-state index is 9.72. The molecule has 0 bridgehead atoms. The van der Waals surface area contributed by atoms with Crippen molar-refractivity contribution >= 4 is 6.03 Å². The van der Waals surface area contributed by atoms with Crippen molar-refractivity contribution in [3.63, 3.8) is 0 Å². The molecule has 0 unspecified atom stereocenters. The van der Waals surface area contributed by atoms with Gasteiger partial charge in [-0.2, -0.15) is 0 Å². The van der Waals surface area contributed by atoms with Crippen molar-refractivity contribution in [2.24, 2.45) is 15.6 Å². The van der Waals surface area contributed by atoms with Gasteiger partial charge in [0.2, 0.25) is 5.22 Å². The SMILES string of the molecule is O=C1N=NN=[N+]1. The van der Waals surface area contributed by atoms with Gasteiger partial charge in [0.05, 0.1) is 5.11 Å². The number of amides is 2. The van der Waals surface area contributed by atoms with Crippen LogP contribution in [0.3, 0.4) is 0 Å². The van der Waals surface area contributed by atoms with Gasteiger partial charge in [-0.15, -0.1) is 0 Å². The molecule has 1 rings (SSSR count). The van der Waals surface area contributed by atoms with E-state index < -0.39 is 6.03 Å². The third-order valence-corrected chi connectivity index (χ3v) is 0.301. The maximum absolute atomic E-state index is 9.72. The minimum atomic E-state index is -0.630. The summed E-state index contributed by atoms with van der Waals surface area (Å²) in [5.41, 5.74) is 0. The molecule has 0 N–H and O–H groups in total. The van der Waals surface area contributed by atoms with E-state index in [2.05, 4.69) is 20.7 Å². The van der Waals surface area contributed by atoms with E-state index in [9.17, 15) is 4.79 Å². The number of carbonyl (C=O) groups is 1. The molecule has 1 radical (unpaired) electrons. The molecule has 0 atom stereocenters. The Labute approximate surface area is 32.8 Å². The van der Waals surface area contributed by atoms with Gasteiger partial charge in [-0.25, -0.2) is 4.79 Å². The lowest BCUT2D eigenvalue weighted by Gasteiger charge is -1.38. The normalized spacial score (nSPS) is 17.0. The zero-order chi connectivity index (χ0) is 4.41. The minimum Gasteiger partial charge on any atom is -0.201 e. The Morgan fingerprint density at radius 2 is 2.50 bits per heavy atom. The van der Waals surface area contributed by atoms with Crippen LogP contribution in [-0.2, 0) is 0 Å². The van der Waals surface area contributed by atoms with Crippen LogP contribution in [0.2, 0.25) is 0 Å². The van der Waals surface area contributed by atoms with Crippen LogP contribution in [0, 0.1) is 0 Å². The Morgan fingerprint density at radius 3 is 2.67 bits per heavy atom. The molecule has 0 saturated heterocycles. The highest BCUT2D eigenvalue weighted by Crippen LogP contribution is 1.84. The zero-order valence-corrected chi connectivity index (χ0v) is 2.70. The molecule has 0 aromatic heterocycles. The molecule has 29 valence electrons. The standard InChI is InChI=1S/CN4O/c6-1-2-4-5-3-1/q+1. The number of nitrogens with zero attached hydrogens (tertiary/aromatic N) is 4. The topological polar surface area (TPSA) is 68.2 Å². The Kier molecular flexibility index (Phi) is 0.474.